The maximum atomic E-state index is 5.73. The van der Waals surface area contributed by atoms with Crippen molar-refractivity contribution in [2.75, 3.05) is 13.2 Å². The number of thiophene rings is 1. The van der Waals surface area contributed by atoms with Gasteiger partial charge in [-0.05, 0) is 62.1 Å². The van der Waals surface area contributed by atoms with Gasteiger partial charge in [0.15, 0.2) is 0 Å². The largest absolute Gasteiger partial charge is 0.493 e. The van der Waals surface area contributed by atoms with Gasteiger partial charge in [-0.1, -0.05) is 19.1 Å². The lowest BCUT2D eigenvalue weighted by Gasteiger charge is -2.22. The molecule has 0 fully saturated rings. The summed E-state index contributed by atoms with van der Waals surface area (Å²) in [4.78, 5) is 2.77. The van der Waals surface area contributed by atoms with Crippen molar-refractivity contribution in [3.8, 4) is 5.75 Å². The molecule has 0 radical (unpaired) electrons. The predicted octanol–water partition coefficient (Wildman–Crippen LogP) is 4.47. The van der Waals surface area contributed by atoms with E-state index in [-0.39, 0.29) is 0 Å². The Kier molecular flexibility index (Phi) is 4.61. The van der Waals surface area contributed by atoms with Crippen molar-refractivity contribution in [1.82, 2.24) is 5.32 Å². The smallest absolute Gasteiger partial charge is 0.122 e. The molecule has 0 saturated carbocycles. The zero-order valence-corrected chi connectivity index (χ0v) is 13.6. The molecule has 2 heterocycles. The molecular formula is C18H23NOS. The van der Waals surface area contributed by atoms with E-state index < -0.39 is 0 Å². The van der Waals surface area contributed by atoms with Gasteiger partial charge in [0.05, 0.1) is 12.6 Å². The molecule has 112 valence electrons. The van der Waals surface area contributed by atoms with Gasteiger partial charge in [0.1, 0.15) is 5.75 Å². The summed E-state index contributed by atoms with van der Waals surface area (Å²) < 4.78 is 5.73. The highest BCUT2D eigenvalue weighted by atomic mass is 32.1. The first-order chi connectivity index (χ1) is 10.3. The van der Waals surface area contributed by atoms with Crippen molar-refractivity contribution in [2.24, 2.45) is 0 Å². The average Bonchev–Trinajstić information content (AvgIpc) is 2.94. The van der Waals surface area contributed by atoms with Gasteiger partial charge in [-0.3, -0.25) is 0 Å². The summed E-state index contributed by atoms with van der Waals surface area (Å²) in [7, 11) is 0. The molecular weight excluding hydrogens is 278 g/mol. The molecule has 1 aliphatic rings. The van der Waals surface area contributed by atoms with Crippen molar-refractivity contribution < 1.29 is 4.74 Å². The van der Waals surface area contributed by atoms with Crippen LogP contribution in [0.5, 0.6) is 5.75 Å². The van der Waals surface area contributed by atoms with Crippen LogP contribution >= 0.6 is 11.3 Å². The van der Waals surface area contributed by atoms with Gasteiger partial charge >= 0.3 is 0 Å². The second-order valence-electron chi connectivity index (χ2n) is 5.65. The summed E-state index contributed by atoms with van der Waals surface area (Å²) in [5.41, 5.74) is 2.71. The molecule has 0 spiro atoms. The number of nitrogens with one attached hydrogen (secondary N) is 1. The van der Waals surface area contributed by atoms with Crippen LogP contribution < -0.4 is 10.1 Å². The summed E-state index contributed by atoms with van der Waals surface area (Å²) in [5.74, 6) is 1.07. The Morgan fingerprint density at radius 3 is 2.95 bits per heavy atom. The Morgan fingerprint density at radius 2 is 2.19 bits per heavy atom. The third-order valence-electron chi connectivity index (χ3n) is 3.91. The minimum Gasteiger partial charge on any atom is -0.493 e. The first-order valence-electron chi connectivity index (χ1n) is 7.83. The van der Waals surface area contributed by atoms with Crippen molar-refractivity contribution in [2.45, 2.75) is 39.2 Å². The van der Waals surface area contributed by atoms with Crippen LogP contribution in [0.25, 0.3) is 0 Å². The standard InChI is InChI=1S/C18H23NOS/c1-3-10-19-18(17-9-6-13(2)21-17)15-7-8-16-14(12-15)5-4-11-20-16/h6-9,12,18-19H,3-5,10-11H2,1-2H3. The lowest BCUT2D eigenvalue weighted by molar-refractivity contribution is 0.288. The molecule has 0 bridgehead atoms. The van der Waals surface area contributed by atoms with E-state index in [4.69, 9.17) is 4.74 Å². The van der Waals surface area contributed by atoms with E-state index in [0.29, 0.717) is 6.04 Å². The maximum absolute atomic E-state index is 5.73. The van der Waals surface area contributed by atoms with E-state index in [0.717, 1.165) is 38.2 Å². The van der Waals surface area contributed by atoms with Crippen molar-refractivity contribution in [3.63, 3.8) is 0 Å². The van der Waals surface area contributed by atoms with Gasteiger partial charge < -0.3 is 10.1 Å². The quantitative estimate of drug-likeness (QED) is 0.879. The number of ether oxygens (including phenoxy) is 1. The Balaban J connectivity index is 1.92. The SMILES string of the molecule is CCCNC(c1ccc2c(c1)CCCO2)c1ccc(C)s1. The molecule has 2 aromatic rings. The molecule has 1 aromatic carbocycles. The molecule has 1 N–H and O–H groups in total. The van der Waals surface area contributed by atoms with Gasteiger partial charge in [-0.25, -0.2) is 0 Å². The first kappa shape index (κ1) is 14.6. The van der Waals surface area contributed by atoms with Gasteiger partial charge in [-0.15, -0.1) is 11.3 Å². The minimum atomic E-state index is 0.302. The third kappa shape index (κ3) is 3.30. The highest BCUT2D eigenvalue weighted by Crippen LogP contribution is 2.32. The molecule has 1 aliphatic heterocycles. The highest BCUT2D eigenvalue weighted by molar-refractivity contribution is 7.12. The second kappa shape index (κ2) is 6.63. The predicted molar refractivity (Wildman–Crippen MR) is 89.5 cm³/mol. The van der Waals surface area contributed by atoms with E-state index in [1.165, 1.54) is 20.9 Å². The van der Waals surface area contributed by atoms with Gasteiger partial charge in [0, 0.05) is 9.75 Å². The van der Waals surface area contributed by atoms with Crippen molar-refractivity contribution >= 4 is 11.3 Å². The average molecular weight is 301 g/mol. The van der Waals surface area contributed by atoms with Gasteiger partial charge in [0.25, 0.3) is 0 Å². The molecule has 21 heavy (non-hydrogen) atoms. The Bertz CT molecular complexity index is 605. The zero-order chi connectivity index (χ0) is 14.7. The van der Waals surface area contributed by atoms with Crippen LogP contribution in [-0.4, -0.2) is 13.2 Å². The summed E-state index contributed by atoms with van der Waals surface area (Å²) in [6.45, 7) is 6.28. The maximum Gasteiger partial charge on any atom is 0.122 e. The topological polar surface area (TPSA) is 21.3 Å². The Hall–Kier alpha value is -1.32. The first-order valence-corrected chi connectivity index (χ1v) is 8.65. The van der Waals surface area contributed by atoms with E-state index in [9.17, 15) is 0 Å². The highest BCUT2D eigenvalue weighted by Gasteiger charge is 2.18. The van der Waals surface area contributed by atoms with Crippen LogP contribution in [0, 0.1) is 6.92 Å². The fraction of sp³-hybridized carbons (Fsp3) is 0.444. The molecule has 0 saturated heterocycles. The van der Waals surface area contributed by atoms with Gasteiger partial charge in [0.2, 0.25) is 0 Å². The van der Waals surface area contributed by atoms with E-state index in [2.05, 4.69) is 49.5 Å². The summed E-state index contributed by atoms with van der Waals surface area (Å²) in [5, 5.41) is 3.69. The number of benzene rings is 1. The molecule has 1 atom stereocenters. The summed E-state index contributed by atoms with van der Waals surface area (Å²) >= 11 is 1.88. The van der Waals surface area contributed by atoms with Crippen LogP contribution in [-0.2, 0) is 6.42 Å². The van der Waals surface area contributed by atoms with Gasteiger partial charge in [-0.2, -0.15) is 0 Å². The monoisotopic (exact) mass is 301 g/mol. The normalized spacial score (nSPS) is 15.3. The van der Waals surface area contributed by atoms with Crippen molar-refractivity contribution in [3.05, 3.63) is 51.2 Å². The molecule has 0 aliphatic carbocycles. The van der Waals surface area contributed by atoms with Crippen LogP contribution in [0.15, 0.2) is 30.3 Å². The van der Waals surface area contributed by atoms with Crippen LogP contribution in [0.3, 0.4) is 0 Å². The van der Waals surface area contributed by atoms with Crippen molar-refractivity contribution in [1.29, 1.82) is 0 Å². The zero-order valence-electron chi connectivity index (χ0n) is 12.8. The molecule has 1 aromatic heterocycles. The number of hydrogen-bond donors (Lipinski definition) is 1. The van der Waals surface area contributed by atoms with E-state index in [1.807, 2.05) is 11.3 Å². The van der Waals surface area contributed by atoms with E-state index >= 15 is 0 Å². The fourth-order valence-electron chi connectivity index (χ4n) is 2.84. The van der Waals surface area contributed by atoms with Crippen LogP contribution in [0.2, 0.25) is 0 Å². The molecule has 0 amide bonds. The lowest BCUT2D eigenvalue weighted by Crippen LogP contribution is -2.22. The number of hydrogen-bond acceptors (Lipinski definition) is 3. The second-order valence-corrected chi connectivity index (χ2v) is 6.97. The third-order valence-corrected chi connectivity index (χ3v) is 4.98. The molecule has 2 nitrogen and oxygen atoms in total. The fourth-order valence-corrected chi connectivity index (χ4v) is 3.82. The van der Waals surface area contributed by atoms with Crippen LogP contribution in [0.4, 0.5) is 0 Å². The summed E-state index contributed by atoms with van der Waals surface area (Å²) in [6, 6.07) is 11.5. The number of fused-ring (bicyclic) bond motifs is 1. The number of aryl methyl sites for hydroxylation is 2. The number of rotatable bonds is 5. The van der Waals surface area contributed by atoms with E-state index in [1.54, 1.807) is 0 Å². The molecule has 3 rings (SSSR count). The Labute approximate surface area is 131 Å². The van der Waals surface area contributed by atoms with Crippen LogP contribution in [0.1, 0.15) is 46.7 Å². The minimum absolute atomic E-state index is 0.302. The molecule has 3 heteroatoms. The summed E-state index contributed by atoms with van der Waals surface area (Å²) in [6.07, 6.45) is 3.41. The Morgan fingerprint density at radius 1 is 1.29 bits per heavy atom. The molecule has 1 unspecified atom stereocenters. The lowest BCUT2D eigenvalue weighted by atomic mass is 9.98.